The molecule has 0 aliphatic rings. The van der Waals surface area contributed by atoms with Gasteiger partial charge in [-0.2, -0.15) is 0 Å². The molecule has 1 aromatic heterocycles. The van der Waals surface area contributed by atoms with Gasteiger partial charge in [0, 0.05) is 25.5 Å². The van der Waals surface area contributed by atoms with Crippen LogP contribution in [-0.2, 0) is 13.6 Å². The Balaban J connectivity index is 2.47. The normalized spacial score (nSPS) is 13.9. The molecule has 0 aliphatic heterocycles. The van der Waals surface area contributed by atoms with E-state index in [9.17, 15) is 0 Å². The van der Waals surface area contributed by atoms with E-state index in [1.165, 1.54) is 0 Å². The van der Waals surface area contributed by atoms with Crippen LogP contribution in [0.4, 0.5) is 0 Å². The standard InChI is InChI=1S/C10H19N5/c1-4-8(2)14-10(11)13-7-9-12-5-6-15(9)3/h5-6,8H,4,7H2,1-3H3,(H3,11,13,14). The summed E-state index contributed by atoms with van der Waals surface area (Å²) in [5.41, 5.74) is 5.72. The van der Waals surface area contributed by atoms with Crippen molar-refractivity contribution in [3.8, 4) is 0 Å². The number of guanidine groups is 1. The van der Waals surface area contributed by atoms with Crippen molar-refractivity contribution in [3.63, 3.8) is 0 Å². The fourth-order valence-electron chi connectivity index (χ4n) is 1.10. The van der Waals surface area contributed by atoms with Crippen LogP contribution in [0.3, 0.4) is 0 Å². The Morgan fingerprint density at radius 1 is 1.73 bits per heavy atom. The van der Waals surface area contributed by atoms with E-state index in [0.717, 1.165) is 12.2 Å². The van der Waals surface area contributed by atoms with Crippen LogP contribution in [0.15, 0.2) is 17.4 Å². The van der Waals surface area contributed by atoms with Crippen molar-refractivity contribution < 1.29 is 0 Å². The summed E-state index contributed by atoms with van der Waals surface area (Å²) in [4.78, 5) is 8.37. The number of nitrogens with zero attached hydrogens (tertiary/aromatic N) is 3. The molecule has 1 aromatic rings. The molecule has 0 saturated heterocycles. The highest BCUT2D eigenvalue weighted by Gasteiger charge is 2.00. The Bertz CT molecular complexity index is 328. The molecule has 0 fully saturated rings. The lowest BCUT2D eigenvalue weighted by atomic mass is 10.3. The first kappa shape index (κ1) is 11.6. The van der Waals surface area contributed by atoms with Gasteiger partial charge in [-0.25, -0.2) is 9.98 Å². The summed E-state index contributed by atoms with van der Waals surface area (Å²) >= 11 is 0. The first-order valence-corrected chi connectivity index (χ1v) is 5.16. The molecular formula is C10H19N5. The van der Waals surface area contributed by atoms with Crippen molar-refractivity contribution in [2.75, 3.05) is 0 Å². The Labute approximate surface area is 90.4 Å². The van der Waals surface area contributed by atoms with E-state index < -0.39 is 0 Å². The van der Waals surface area contributed by atoms with E-state index in [4.69, 9.17) is 5.73 Å². The Morgan fingerprint density at radius 3 is 3.00 bits per heavy atom. The molecule has 5 nitrogen and oxygen atoms in total. The molecule has 0 saturated carbocycles. The number of aliphatic imine (C=N–C) groups is 1. The summed E-state index contributed by atoms with van der Waals surface area (Å²) in [6.07, 6.45) is 4.67. The highest BCUT2D eigenvalue weighted by Crippen LogP contribution is 1.96. The Morgan fingerprint density at radius 2 is 2.47 bits per heavy atom. The first-order valence-electron chi connectivity index (χ1n) is 5.16. The molecule has 0 bridgehead atoms. The van der Waals surface area contributed by atoms with Gasteiger partial charge >= 0.3 is 0 Å². The Hall–Kier alpha value is -1.52. The third kappa shape index (κ3) is 3.61. The van der Waals surface area contributed by atoms with E-state index in [-0.39, 0.29) is 0 Å². The number of nitrogens with two attached hydrogens (primary N) is 1. The molecule has 0 spiro atoms. The lowest BCUT2D eigenvalue weighted by molar-refractivity contribution is 0.635. The maximum atomic E-state index is 5.72. The summed E-state index contributed by atoms with van der Waals surface area (Å²) in [5, 5.41) is 3.10. The number of nitrogens with one attached hydrogen (secondary N) is 1. The van der Waals surface area contributed by atoms with Crippen LogP contribution in [0.25, 0.3) is 0 Å². The van der Waals surface area contributed by atoms with Crippen LogP contribution >= 0.6 is 0 Å². The van der Waals surface area contributed by atoms with Crippen molar-refractivity contribution in [1.82, 2.24) is 14.9 Å². The summed E-state index contributed by atoms with van der Waals surface area (Å²) in [6, 6.07) is 0.357. The number of imidazole rings is 1. The second-order valence-electron chi connectivity index (χ2n) is 3.61. The van der Waals surface area contributed by atoms with Crippen molar-refractivity contribution in [2.45, 2.75) is 32.9 Å². The molecule has 0 radical (unpaired) electrons. The van der Waals surface area contributed by atoms with Crippen molar-refractivity contribution in [3.05, 3.63) is 18.2 Å². The van der Waals surface area contributed by atoms with Gasteiger partial charge in [0.15, 0.2) is 5.96 Å². The molecule has 84 valence electrons. The molecule has 0 amide bonds. The molecule has 5 heteroatoms. The van der Waals surface area contributed by atoms with Crippen LogP contribution in [0.2, 0.25) is 0 Å². The lowest BCUT2D eigenvalue weighted by Gasteiger charge is -2.11. The largest absolute Gasteiger partial charge is 0.370 e. The van der Waals surface area contributed by atoms with Crippen LogP contribution in [0.1, 0.15) is 26.1 Å². The topological polar surface area (TPSA) is 68.2 Å². The molecule has 0 aliphatic carbocycles. The summed E-state index contributed by atoms with van der Waals surface area (Å²) < 4.78 is 1.93. The average molecular weight is 209 g/mol. The predicted molar refractivity (Wildman–Crippen MR) is 61.4 cm³/mol. The molecule has 15 heavy (non-hydrogen) atoms. The molecule has 3 N–H and O–H groups in total. The van der Waals surface area contributed by atoms with Crippen molar-refractivity contribution >= 4 is 5.96 Å². The first-order chi connectivity index (χ1) is 7.13. The van der Waals surface area contributed by atoms with E-state index in [1.54, 1.807) is 6.20 Å². The van der Waals surface area contributed by atoms with Gasteiger partial charge in [0.05, 0.1) is 0 Å². The van der Waals surface area contributed by atoms with Gasteiger partial charge in [-0.05, 0) is 13.3 Å². The maximum absolute atomic E-state index is 5.72. The summed E-state index contributed by atoms with van der Waals surface area (Å²) in [6.45, 7) is 4.69. The van der Waals surface area contributed by atoms with E-state index in [1.807, 2.05) is 17.8 Å². The lowest BCUT2D eigenvalue weighted by Crippen LogP contribution is -2.38. The fourth-order valence-corrected chi connectivity index (χ4v) is 1.10. The highest BCUT2D eigenvalue weighted by molar-refractivity contribution is 5.78. The minimum absolute atomic E-state index is 0.357. The van der Waals surface area contributed by atoms with Gasteiger partial charge < -0.3 is 15.6 Å². The van der Waals surface area contributed by atoms with E-state index in [2.05, 4.69) is 29.1 Å². The Kier molecular flexibility index (Phi) is 4.15. The van der Waals surface area contributed by atoms with Gasteiger partial charge in [-0.3, -0.25) is 0 Å². The third-order valence-corrected chi connectivity index (χ3v) is 2.32. The molecular weight excluding hydrogens is 190 g/mol. The van der Waals surface area contributed by atoms with Gasteiger partial charge in [0.2, 0.25) is 0 Å². The number of hydrogen-bond donors (Lipinski definition) is 2. The number of hydrogen-bond acceptors (Lipinski definition) is 2. The van der Waals surface area contributed by atoms with Gasteiger partial charge in [-0.1, -0.05) is 6.92 Å². The van der Waals surface area contributed by atoms with Crippen molar-refractivity contribution in [2.24, 2.45) is 17.8 Å². The van der Waals surface area contributed by atoms with Crippen LogP contribution in [0, 0.1) is 0 Å². The number of aromatic nitrogens is 2. The second-order valence-corrected chi connectivity index (χ2v) is 3.61. The zero-order valence-corrected chi connectivity index (χ0v) is 9.57. The molecule has 1 rings (SSSR count). The minimum Gasteiger partial charge on any atom is -0.370 e. The van der Waals surface area contributed by atoms with Crippen LogP contribution in [0.5, 0.6) is 0 Å². The number of rotatable bonds is 4. The second kappa shape index (κ2) is 5.38. The zero-order chi connectivity index (χ0) is 11.3. The smallest absolute Gasteiger partial charge is 0.189 e. The average Bonchev–Trinajstić information content (AvgIpc) is 2.61. The van der Waals surface area contributed by atoms with Gasteiger partial charge in [0.25, 0.3) is 0 Å². The highest BCUT2D eigenvalue weighted by atomic mass is 15.1. The summed E-state index contributed by atoms with van der Waals surface area (Å²) in [5.74, 6) is 1.39. The number of aryl methyl sites for hydroxylation is 1. The van der Waals surface area contributed by atoms with Crippen LogP contribution < -0.4 is 11.1 Å². The third-order valence-electron chi connectivity index (χ3n) is 2.32. The molecule has 0 aromatic carbocycles. The quantitative estimate of drug-likeness (QED) is 0.564. The molecule has 1 heterocycles. The van der Waals surface area contributed by atoms with Crippen LogP contribution in [-0.4, -0.2) is 21.6 Å². The van der Waals surface area contributed by atoms with E-state index in [0.29, 0.717) is 18.5 Å². The van der Waals surface area contributed by atoms with Gasteiger partial charge in [-0.15, -0.1) is 0 Å². The van der Waals surface area contributed by atoms with Crippen molar-refractivity contribution in [1.29, 1.82) is 0 Å². The molecule has 1 unspecified atom stereocenters. The van der Waals surface area contributed by atoms with Gasteiger partial charge in [0.1, 0.15) is 12.4 Å². The molecule has 1 atom stereocenters. The maximum Gasteiger partial charge on any atom is 0.189 e. The SMILES string of the molecule is CCC(C)NC(N)=NCc1nccn1C. The fraction of sp³-hybridized carbons (Fsp3) is 0.600. The monoisotopic (exact) mass is 209 g/mol. The minimum atomic E-state index is 0.357. The summed E-state index contributed by atoms with van der Waals surface area (Å²) in [7, 11) is 1.94. The zero-order valence-electron chi connectivity index (χ0n) is 9.57. The predicted octanol–water partition coefficient (Wildman–Crippen LogP) is 0.623. The van der Waals surface area contributed by atoms with E-state index >= 15 is 0 Å².